The van der Waals surface area contributed by atoms with E-state index in [2.05, 4.69) is 5.32 Å². The molecule has 0 saturated carbocycles. The normalized spacial score (nSPS) is 11.6. The van der Waals surface area contributed by atoms with Crippen molar-refractivity contribution in [2.24, 2.45) is 0 Å². The number of ether oxygens (including phenoxy) is 1. The largest absolute Gasteiger partial charge is 0.495 e. The summed E-state index contributed by atoms with van der Waals surface area (Å²) in [5.74, 6) is -0.367. The maximum atomic E-state index is 12.9. The molecule has 0 saturated heterocycles. The van der Waals surface area contributed by atoms with Crippen molar-refractivity contribution in [3.05, 3.63) is 58.4 Å². The molecule has 1 amide bonds. The maximum absolute atomic E-state index is 12.9. The Hall–Kier alpha value is -2.61. The molecule has 1 N–H and O–H groups in total. The van der Waals surface area contributed by atoms with Crippen molar-refractivity contribution >= 4 is 29.0 Å². The summed E-state index contributed by atoms with van der Waals surface area (Å²) in [6, 6.07) is 9.76. The third-order valence-electron chi connectivity index (χ3n) is 3.15. The first-order chi connectivity index (χ1) is 11.4. The molecule has 2 rings (SSSR count). The second-order valence-corrected chi connectivity index (χ2v) is 6.26. The van der Waals surface area contributed by atoms with Gasteiger partial charge < -0.3 is 10.1 Å². The molecule has 0 aliphatic carbocycles. The van der Waals surface area contributed by atoms with Crippen molar-refractivity contribution in [1.29, 1.82) is 0 Å². The van der Waals surface area contributed by atoms with E-state index in [-0.39, 0.29) is 23.1 Å². The number of methoxy groups -OCH3 is 1. The topological polar surface area (TPSA) is 81.5 Å². The van der Waals surface area contributed by atoms with Crippen molar-refractivity contribution in [2.75, 3.05) is 12.4 Å². The number of carbonyl (C=O) groups excluding carboxylic acids is 1. The minimum absolute atomic E-state index is 0.148. The molecule has 1 atom stereocenters. The number of nitro benzene ring substituents is 1. The lowest BCUT2D eigenvalue weighted by Crippen LogP contribution is -2.22. The Morgan fingerprint density at radius 2 is 1.96 bits per heavy atom. The van der Waals surface area contributed by atoms with Crippen LogP contribution in [-0.2, 0) is 4.79 Å². The Balaban J connectivity index is 2.11. The number of anilines is 1. The molecule has 0 aliphatic rings. The molecule has 2 aromatic carbocycles. The van der Waals surface area contributed by atoms with Crippen molar-refractivity contribution in [2.45, 2.75) is 17.1 Å². The minimum atomic E-state index is -0.550. The molecule has 2 aromatic rings. The van der Waals surface area contributed by atoms with E-state index in [0.29, 0.717) is 5.75 Å². The van der Waals surface area contributed by atoms with Crippen molar-refractivity contribution in [3.63, 3.8) is 0 Å². The van der Waals surface area contributed by atoms with Gasteiger partial charge in [0, 0.05) is 17.0 Å². The number of thioether (sulfide) groups is 1. The highest BCUT2D eigenvalue weighted by Crippen LogP contribution is 2.30. The lowest BCUT2D eigenvalue weighted by molar-refractivity contribution is -0.384. The second-order valence-electron chi connectivity index (χ2n) is 4.84. The molecule has 0 radical (unpaired) electrons. The molecular formula is C16H15FN2O4S. The average molecular weight is 350 g/mol. The predicted molar refractivity (Wildman–Crippen MR) is 90.0 cm³/mol. The molecule has 24 heavy (non-hydrogen) atoms. The monoisotopic (exact) mass is 350 g/mol. The van der Waals surface area contributed by atoms with E-state index >= 15 is 0 Å². The highest BCUT2D eigenvalue weighted by atomic mass is 32.2. The van der Waals surface area contributed by atoms with Crippen LogP contribution in [0, 0.1) is 15.9 Å². The summed E-state index contributed by atoms with van der Waals surface area (Å²) in [6.07, 6.45) is 0. The van der Waals surface area contributed by atoms with Crippen LogP contribution in [0.5, 0.6) is 5.75 Å². The van der Waals surface area contributed by atoms with Gasteiger partial charge in [0.15, 0.2) is 0 Å². The molecule has 0 unspecified atom stereocenters. The summed E-state index contributed by atoms with van der Waals surface area (Å²) < 4.78 is 18.0. The van der Waals surface area contributed by atoms with E-state index in [4.69, 9.17) is 4.74 Å². The van der Waals surface area contributed by atoms with Gasteiger partial charge in [-0.2, -0.15) is 0 Å². The van der Waals surface area contributed by atoms with Crippen LogP contribution < -0.4 is 10.1 Å². The van der Waals surface area contributed by atoms with E-state index in [1.807, 2.05) is 0 Å². The van der Waals surface area contributed by atoms with Crippen LogP contribution in [0.25, 0.3) is 0 Å². The zero-order valence-corrected chi connectivity index (χ0v) is 13.8. The van der Waals surface area contributed by atoms with E-state index in [0.717, 1.165) is 4.90 Å². The molecular weight excluding hydrogens is 335 g/mol. The van der Waals surface area contributed by atoms with Gasteiger partial charge in [-0.05, 0) is 37.3 Å². The van der Waals surface area contributed by atoms with Crippen LogP contribution in [-0.4, -0.2) is 23.2 Å². The summed E-state index contributed by atoms with van der Waals surface area (Å²) in [5.41, 5.74) is 0.0770. The van der Waals surface area contributed by atoms with Crippen LogP contribution >= 0.6 is 11.8 Å². The number of non-ortho nitro benzene ring substituents is 1. The minimum Gasteiger partial charge on any atom is -0.495 e. The molecule has 0 bridgehead atoms. The number of halogens is 1. The van der Waals surface area contributed by atoms with Gasteiger partial charge in [-0.15, -0.1) is 11.8 Å². The van der Waals surface area contributed by atoms with Gasteiger partial charge in [-0.25, -0.2) is 4.39 Å². The first kappa shape index (κ1) is 17.7. The molecule has 0 fully saturated rings. The van der Waals surface area contributed by atoms with E-state index < -0.39 is 10.2 Å². The van der Waals surface area contributed by atoms with Crippen LogP contribution in [0.4, 0.5) is 15.8 Å². The standard InChI is InChI=1S/C16H15FN2O4S/c1-10(24-13-6-3-11(17)4-7-13)16(20)18-14-9-12(19(21)22)5-8-15(14)23-2/h3-10H,1-2H3,(H,18,20)/t10-/m0/s1. The highest BCUT2D eigenvalue weighted by Gasteiger charge is 2.18. The number of carbonyl (C=O) groups is 1. The van der Waals surface area contributed by atoms with Gasteiger partial charge in [0.25, 0.3) is 5.69 Å². The van der Waals surface area contributed by atoms with Crippen LogP contribution in [0.2, 0.25) is 0 Å². The zero-order chi connectivity index (χ0) is 17.7. The van der Waals surface area contributed by atoms with E-state index in [9.17, 15) is 19.3 Å². The third-order valence-corrected chi connectivity index (χ3v) is 4.26. The zero-order valence-electron chi connectivity index (χ0n) is 13.0. The van der Waals surface area contributed by atoms with Gasteiger partial charge in [0.2, 0.25) is 5.91 Å². The Morgan fingerprint density at radius 1 is 1.29 bits per heavy atom. The van der Waals surface area contributed by atoms with Crippen molar-refractivity contribution < 1.29 is 18.8 Å². The predicted octanol–water partition coefficient (Wildman–Crippen LogP) is 3.86. The fourth-order valence-corrected chi connectivity index (χ4v) is 2.78. The average Bonchev–Trinajstić information content (AvgIpc) is 2.56. The molecule has 6 nitrogen and oxygen atoms in total. The third kappa shape index (κ3) is 4.45. The van der Waals surface area contributed by atoms with Gasteiger partial charge in [-0.1, -0.05) is 0 Å². The lowest BCUT2D eigenvalue weighted by atomic mass is 10.2. The Kier molecular flexibility index (Phi) is 5.75. The smallest absolute Gasteiger partial charge is 0.271 e. The maximum Gasteiger partial charge on any atom is 0.271 e. The Labute approximate surface area is 142 Å². The Morgan fingerprint density at radius 3 is 2.54 bits per heavy atom. The molecule has 0 spiro atoms. The van der Waals surface area contributed by atoms with Crippen molar-refractivity contribution in [3.8, 4) is 5.75 Å². The SMILES string of the molecule is COc1ccc([N+](=O)[O-])cc1NC(=O)[C@H](C)Sc1ccc(F)cc1. The van der Waals surface area contributed by atoms with Gasteiger partial charge in [0.05, 0.1) is 23.0 Å². The highest BCUT2D eigenvalue weighted by molar-refractivity contribution is 8.00. The second kappa shape index (κ2) is 7.78. The fraction of sp³-hybridized carbons (Fsp3) is 0.188. The fourth-order valence-electron chi connectivity index (χ4n) is 1.91. The molecule has 0 heterocycles. The summed E-state index contributed by atoms with van der Waals surface area (Å²) in [6.45, 7) is 1.69. The summed E-state index contributed by atoms with van der Waals surface area (Å²) in [4.78, 5) is 23.4. The van der Waals surface area contributed by atoms with E-state index in [1.165, 1.54) is 49.2 Å². The number of nitrogens with one attached hydrogen (secondary N) is 1. The van der Waals surface area contributed by atoms with Gasteiger partial charge in [0.1, 0.15) is 11.6 Å². The number of hydrogen-bond donors (Lipinski definition) is 1. The molecule has 0 aromatic heterocycles. The summed E-state index contributed by atoms with van der Waals surface area (Å²) >= 11 is 1.25. The number of rotatable bonds is 6. The summed E-state index contributed by atoms with van der Waals surface area (Å²) in [5, 5.41) is 13.0. The first-order valence-corrected chi connectivity index (χ1v) is 7.84. The van der Waals surface area contributed by atoms with Gasteiger partial charge in [-0.3, -0.25) is 14.9 Å². The van der Waals surface area contributed by atoms with Crippen LogP contribution in [0.15, 0.2) is 47.4 Å². The Bertz CT molecular complexity index is 752. The summed E-state index contributed by atoms with van der Waals surface area (Å²) in [7, 11) is 1.41. The molecule has 0 aliphatic heterocycles. The lowest BCUT2D eigenvalue weighted by Gasteiger charge is -2.14. The molecule has 8 heteroatoms. The first-order valence-electron chi connectivity index (χ1n) is 6.96. The number of hydrogen-bond acceptors (Lipinski definition) is 5. The van der Waals surface area contributed by atoms with Crippen molar-refractivity contribution in [1.82, 2.24) is 0 Å². The number of nitrogens with zero attached hydrogens (tertiary/aromatic N) is 1. The van der Waals surface area contributed by atoms with Crippen LogP contribution in [0.3, 0.4) is 0 Å². The van der Waals surface area contributed by atoms with Gasteiger partial charge >= 0.3 is 0 Å². The van der Waals surface area contributed by atoms with E-state index in [1.54, 1.807) is 19.1 Å². The number of amides is 1. The number of nitro groups is 1. The quantitative estimate of drug-likeness (QED) is 0.486. The number of benzene rings is 2. The molecule has 126 valence electrons. The van der Waals surface area contributed by atoms with Crippen LogP contribution in [0.1, 0.15) is 6.92 Å².